The second kappa shape index (κ2) is 7.49. The van der Waals surface area contributed by atoms with E-state index in [4.69, 9.17) is 10.5 Å². The van der Waals surface area contributed by atoms with E-state index >= 15 is 0 Å². The van der Waals surface area contributed by atoms with Crippen molar-refractivity contribution in [1.29, 1.82) is 0 Å². The zero-order chi connectivity index (χ0) is 14.3. The molecule has 0 radical (unpaired) electrons. The van der Waals surface area contributed by atoms with Crippen LogP contribution in [-0.4, -0.2) is 29.0 Å². The van der Waals surface area contributed by atoms with Crippen LogP contribution in [0.15, 0.2) is 29.3 Å². The van der Waals surface area contributed by atoms with Crippen LogP contribution < -0.4 is 5.73 Å². The normalized spacial score (nSPS) is 12.3. The summed E-state index contributed by atoms with van der Waals surface area (Å²) >= 11 is 4.03. The molecule has 0 aliphatic heterocycles. The third-order valence-corrected chi connectivity index (χ3v) is 2.45. The van der Waals surface area contributed by atoms with Crippen molar-refractivity contribution in [2.45, 2.75) is 11.9 Å². The fraction of sp³-hybridized carbons (Fsp3) is 0.273. The van der Waals surface area contributed by atoms with Crippen LogP contribution in [0.25, 0.3) is 0 Å². The molecule has 1 aromatic rings. The first-order valence-electron chi connectivity index (χ1n) is 5.35. The predicted molar refractivity (Wildman–Crippen MR) is 73.6 cm³/mol. The zero-order valence-corrected chi connectivity index (χ0v) is 10.8. The Morgan fingerprint density at radius 3 is 2.68 bits per heavy atom. The third-order valence-electron chi connectivity index (χ3n) is 2.10. The summed E-state index contributed by atoms with van der Waals surface area (Å²) in [4.78, 5) is 24.7. The van der Waals surface area contributed by atoms with Crippen LogP contribution in [0, 0.1) is 10.1 Å². The van der Waals surface area contributed by atoms with Crippen LogP contribution in [0.2, 0.25) is 0 Å². The zero-order valence-electron chi connectivity index (χ0n) is 9.93. The smallest absolute Gasteiger partial charge is 0.433 e. The van der Waals surface area contributed by atoms with Crippen molar-refractivity contribution < 1.29 is 14.5 Å². The minimum absolute atomic E-state index is 0.00592. The first-order chi connectivity index (χ1) is 9.02. The first kappa shape index (κ1) is 15.1. The van der Waals surface area contributed by atoms with Gasteiger partial charge in [-0.15, -0.1) is 0 Å². The fourth-order valence-electron chi connectivity index (χ4n) is 1.10. The summed E-state index contributed by atoms with van der Waals surface area (Å²) in [7, 11) is 0. The van der Waals surface area contributed by atoms with E-state index in [-0.39, 0.29) is 24.1 Å². The molecule has 0 aromatic heterocycles. The Morgan fingerprint density at radius 2 is 2.16 bits per heavy atom. The SMILES string of the molecule is NCC(S)C=NC(=O)OCc1ccc([N+](=O)[O-])cc1. The number of thiol groups is 1. The number of carbonyl (C=O) groups is 1. The van der Waals surface area contributed by atoms with Crippen LogP contribution in [-0.2, 0) is 11.3 Å². The molecule has 0 spiro atoms. The van der Waals surface area contributed by atoms with Gasteiger partial charge in [0.2, 0.25) is 0 Å². The monoisotopic (exact) mass is 283 g/mol. The number of hydrogen-bond acceptors (Lipinski definition) is 6. The molecule has 1 aromatic carbocycles. The van der Waals surface area contributed by atoms with Gasteiger partial charge < -0.3 is 10.5 Å². The fourth-order valence-corrected chi connectivity index (χ4v) is 1.17. The van der Waals surface area contributed by atoms with Gasteiger partial charge in [-0.05, 0) is 17.7 Å². The molecule has 1 rings (SSSR count). The molecular weight excluding hydrogens is 270 g/mol. The number of benzene rings is 1. The van der Waals surface area contributed by atoms with Gasteiger partial charge in [0.1, 0.15) is 6.61 Å². The van der Waals surface area contributed by atoms with E-state index in [1.165, 1.54) is 30.5 Å². The molecule has 0 heterocycles. The highest BCUT2D eigenvalue weighted by atomic mass is 32.1. The van der Waals surface area contributed by atoms with Crippen molar-refractivity contribution in [2.75, 3.05) is 6.54 Å². The lowest BCUT2D eigenvalue weighted by Crippen LogP contribution is -2.16. The lowest BCUT2D eigenvalue weighted by atomic mass is 10.2. The molecule has 0 fully saturated rings. The molecule has 1 amide bonds. The molecule has 1 unspecified atom stereocenters. The molecule has 2 N–H and O–H groups in total. The van der Waals surface area contributed by atoms with Crippen LogP contribution in [0.4, 0.5) is 10.5 Å². The minimum Gasteiger partial charge on any atom is -0.443 e. The van der Waals surface area contributed by atoms with E-state index in [2.05, 4.69) is 17.6 Å². The molecule has 8 heteroatoms. The highest BCUT2D eigenvalue weighted by Gasteiger charge is 2.05. The van der Waals surface area contributed by atoms with Gasteiger partial charge in [-0.2, -0.15) is 17.6 Å². The highest BCUT2D eigenvalue weighted by molar-refractivity contribution is 7.81. The maximum Gasteiger partial charge on any atom is 0.433 e. The van der Waals surface area contributed by atoms with Crippen molar-refractivity contribution in [3.05, 3.63) is 39.9 Å². The van der Waals surface area contributed by atoms with E-state index < -0.39 is 11.0 Å². The summed E-state index contributed by atoms with van der Waals surface area (Å²) in [6.07, 6.45) is 0.534. The van der Waals surface area contributed by atoms with Gasteiger partial charge in [-0.1, -0.05) is 0 Å². The van der Waals surface area contributed by atoms with Crippen LogP contribution >= 0.6 is 12.6 Å². The summed E-state index contributed by atoms with van der Waals surface area (Å²) in [6, 6.07) is 5.70. The van der Waals surface area contributed by atoms with Gasteiger partial charge in [0.15, 0.2) is 0 Å². The molecule has 0 saturated carbocycles. The van der Waals surface area contributed by atoms with Crippen molar-refractivity contribution in [2.24, 2.45) is 10.7 Å². The quantitative estimate of drug-likeness (QED) is 0.369. The van der Waals surface area contributed by atoms with Crippen LogP contribution in [0.5, 0.6) is 0 Å². The van der Waals surface area contributed by atoms with E-state index in [0.29, 0.717) is 5.56 Å². The molecule has 0 bridgehead atoms. The number of non-ortho nitro benzene ring substituents is 1. The largest absolute Gasteiger partial charge is 0.443 e. The average Bonchev–Trinajstić information content (AvgIpc) is 2.42. The lowest BCUT2D eigenvalue weighted by Gasteiger charge is -2.02. The molecule has 7 nitrogen and oxygen atoms in total. The van der Waals surface area contributed by atoms with Crippen LogP contribution in [0.1, 0.15) is 5.56 Å². The molecule has 0 saturated heterocycles. The Kier molecular flexibility index (Phi) is 5.97. The number of aliphatic imine (C=N–C) groups is 1. The third kappa shape index (κ3) is 5.49. The van der Waals surface area contributed by atoms with E-state index in [1.807, 2.05) is 0 Å². The van der Waals surface area contributed by atoms with Crippen molar-refractivity contribution in [3.63, 3.8) is 0 Å². The van der Waals surface area contributed by atoms with Gasteiger partial charge in [0.05, 0.1) is 4.92 Å². The maximum atomic E-state index is 11.2. The summed E-state index contributed by atoms with van der Waals surface area (Å²) in [5.41, 5.74) is 5.90. The average molecular weight is 283 g/mol. The van der Waals surface area contributed by atoms with E-state index in [1.54, 1.807) is 0 Å². The van der Waals surface area contributed by atoms with Gasteiger partial charge in [-0.25, -0.2) is 4.79 Å². The minimum atomic E-state index is -0.758. The predicted octanol–water partition coefficient (Wildman–Crippen LogP) is 1.56. The number of amides is 1. The number of nitro benzene ring substituents is 1. The summed E-state index contributed by atoms with van der Waals surface area (Å²) < 4.78 is 4.84. The molecular formula is C11H13N3O4S. The maximum absolute atomic E-state index is 11.2. The summed E-state index contributed by atoms with van der Waals surface area (Å²) in [6.45, 7) is 0.260. The Labute approximate surface area is 115 Å². The number of carbonyl (C=O) groups excluding carboxylic acids is 1. The number of rotatable bonds is 5. The molecule has 1 atom stereocenters. The Balaban J connectivity index is 2.46. The second-order valence-corrected chi connectivity index (χ2v) is 4.22. The number of nitrogens with two attached hydrogens (primary N) is 1. The van der Waals surface area contributed by atoms with Crippen LogP contribution in [0.3, 0.4) is 0 Å². The summed E-state index contributed by atoms with van der Waals surface area (Å²) in [5.74, 6) is 0. The number of nitrogens with zero attached hydrogens (tertiary/aromatic N) is 2. The number of hydrogen-bond donors (Lipinski definition) is 2. The summed E-state index contributed by atoms with van der Waals surface area (Å²) in [5, 5.41) is 10.1. The first-order valence-corrected chi connectivity index (χ1v) is 5.87. The topological polar surface area (TPSA) is 108 Å². The Hall–Kier alpha value is -1.93. The Morgan fingerprint density at radius 1 is 1.53 bits per heavy atom. The standard InChI is InChI=1S/C11H13N3O4S/c12-5-10(19)6-13-11(15)18-7-8-1-3-9(4-2-8)14(16)17/h1-4,6,10,19H,5,7,12H2. The Bertz CT molecular complexity index is 475. The van der Waals surface area contributed by atoms with Gasteiger partial charge in [0, 0.05) is 30.1 Å². The van der Waals surface area contributed by atoms with Gasteiger partial charge in [-0.3, -0.25) is 10.1 Å². The molecule has 0 aliphatic carbocycles. The highest BCUT2D eigenvalue weighted by Crippen LogP contribution is 2.12. The van der Waals surface area contributed by atoms with E-state index in [0.717, 1.165) is 0 Å². The number of ether oxygens (including phenoxy) is 1. The van der Waals surface area contributed by atoms with Gasteiger partial charge in [0.25, 0.3) is 5.69 Å². The van der Waals surface area contributed by atoms with Crippen molar-refractivity contribution in [1.82, 2.24) is 0 Å². The lowest BCUT2D eigenvalue weighted by molar-refractivity contribution is -0.384. The molecule has 19 heavy (non-hydrogen) atoms. The van der Waals surface area contributed by atoms with Crippen molar-refractivity contribution in [3.8, 4) is 0 Å². The number of nitro groups is 1. The van der Waals surface area contributed by atoms with Gasteiger partial charge >= 0.3 is 6.09 Å². The van der Waals surface area contributed by atoms with Crippen molar-refractivity contribution >= 4 is 30.6 Å². The molecule has 102 valence electrons. The van der Waals surface area contributed by atoms with E-state index in [9.17, 15) is 14.9 Å². The second-order valence-electron chi connectivity index (χ2n) is 3.56. The molecule has 0 aliphatic rings.